The lowest BCUT2D eigenvalue weighted by atomic mass is 9.79. The zero-order valence-corrected chi connectivity index (χ0v) is 13.0. The van der Waals surface area contributed by atoms with Gasteiger partial charge in [-0.05, 0) is 12.5 Å². The van der Waals surface area contributed by atoms with E-state index in [1.54, 1.807) is 43.0 Å². The number of carboxylic acid groups (broad SMARTS) is 1. The number of thioether (sulfide) groups is 1. The highest BCUT2D eigenvalue weighted by Gasteiger charge is 2.37. The molecule has 0 aliphatic carbocycles. The summed E-state index contributed by atoms with van der Waals surface area (Å²) in [4.78, 5) is 23.5. The molecule has 0 fully saturated rings. The van der Waals surface area contributed by atoms with E-state index in [1.165, 1.54) is 0 Å². The third-order valence-corrected chi connectivity index (χ3v) is 4.17. The van der Waals surface area contributed by atoms with Gasteiger partial charge in [-0.15, -0.1) is 6.58 Å². The van der Waals surface area contributed by atoms with Crippen molar-refractivity contribution in [2.24, 2.45) is 0 Å². The van der Waals surface area contributed by atoms with Gasteiger partial charge < -0.3 is 10.4 Å². The average Bonchev–Trinajstić information content (AvgIpc) is 2.47. The lowest BCUT2D eigenvalue weighted by Crippen LogP contribution is -2.39. The molecule has 0 radical (unpaired) electrons. The Morgan fingerprint density at radius 3 is 2.62 bits per heavy atom. The van der Waals surface area contributed by atoms with Crippen molar-refractivity contribution in [1.82, 2.24) is 5.32 Å². The molecule has 0 heterocycles. The van der Waals surface area contributed by atoms with Crippen LogP contribution in [0.1, 0.15) is 18.9 Å². The van der Waals surface area contributed by atoms with Crippen LogP contribution in [-0.2, 0) is 15.0 Å². The molecule has 5 heteroatoms. The Morgan fingerprint density at radius 2 is 2.05 bits per heavy atom. The highest BCUT2D eigenvalue weighted by Crippen LogP contribution is 2.27. The molecule has 0 spiro atoms. The van der Waals surface area contributed by atoms with Gasteiger partial charge in [0.1, 0.15) is 0 Å². The van der Waals surface area contributed by atoms with Gasteiger partial charge in [-0.1, -0.05) is 36.4 Å². The number of carboxylic acids is 1. The Kier molecular flexibility index (Phi) is 7.02. The summed E-state index contributed by atoms with van der Waals surface area (Å²) in [5, 5.41) is 12.2. The second-order valence-electron chi connectivity index (χ2n) is 4.89. The molecule has 1 amide bonds. The van der Waals surface area contributed by atoms with E-state index in [1.807, 2.05) is 12.1 Å². The monoisotopic (exact) mass is 307 g/mol. The number of benzene rings is 1. The first kappa shape index (κ1) is 17.3. The van der Waals surface area contributed by atoms with Gasteiger partial charge >= 0.3 is 5.97 Å². The van der Waals surface area contributed by atoms with Crippen molar-refractivity contribution >= 4 is 23.6 Å². The zero-order valence-electron chi connectivity index (χ0n) is 12.2. The molecular weight excluding hydrogens is 286 g/mol. The van der Waals surface area contributed by atoms with E-state index < -0.39 is 11.4 Å². The van der Waals surface area contributed by atoms with Crippen molar-refractivity contribution in [3.8, 4) is 0 Å². The molecule has 0 aliphatic heterocycles. The Morgan fingerprint density at radius 1 is 1.38 bits per heavy atom. The van der Waals surface area contributed by atoms with E-state index >= 15 is 0 Å². The highest BCUT2D eigenvalue weighted by molar-refractivity contribution is 7.99. The maximum atomic E-state index is 12.0. The first-order valence-electron chi connectivity index (χ1n) is 6.75. The molecule has 1 atom stereocenters. The van der Waals surface area contributed by atoms with E-state index in [0.717, 1.165) is 11.5 Å². The lowest BCUT2D eigenvalue weighted by Gasteiger charge is -2.24. The number of nitrogens with one attached hydrogen (secondary N) is 1. The van der Waals surface area contributed by atoms with Gasteiger partial charge in [-0.25, -0.2) is 0 Å². The molecule has 114 valence electrons. The van der Waals surface area contributed by atoms with Crippen LogP contribution in [0.25, 0.3) is 0 Å². The topological polar surface area (TPSA) is 66.4 Å². The summed E-state index contributed by atoms with van der Waals surface area (Å²) in [5.74, 6) is 0.382. The number of carbonyl (C=O) groups is 2. The summed E-state index contributed by atoms with van der Waals surface area (Å²) < 4.78 is 0. The SMILES string of the molecule is C=CCSCCNC(=O)CC(C)(C(=O)O)c1ccccc1. The second-order valence-corrected chi connectivity index (χ2v) is 6.04. The predicted molar refractivity (Wildman–Crippen MR) is 86.6 cm³/mol. The molecule has 1 aromatic rings. The Balaban J connectivity index is 2.61. The molecule has 4 nitrogen and oxygen atoms in total. The zero-order chi connectivity index (χ0) is 15.7. The Labute approximate surface area is 129 Å². The fourth-order valence-corrected chi connectivity index (χ4v) is 2.50. The summed E-state index contributed by atoms with van der Waals surface area (Å²) in [6.07, 6.45) is 1.74. The van der Waals surface area contributed by atoms with E-state index in [-0.39, 0.29) is 12.3 Å². The number of hydrogen-bond acceptors (Lipinski definition) is 3. The van der Waals surface area contributed by atoms with Crippen molar-refractivity contribution in [2.45, 2.75) is 18.8 Å². The van der Waals surface area contributed by atoms with Crippen molar-refractivity contribution in [3.63, 3.8) is 0 Å². The number of hydrogen-bond donors (Lipinski definition) is 2. The molecule has 0 aromatic heterocycles. The summed E-state index contributed by atoms with van der Waals surface area (Å²) >= 11 is 1.67. The molecule has 0 saturated heterocycles. The van der Waals surface area contributed by atoms with Gasteiger partial charge in [0.25, 0.3) is 0 Å². The van der Waals surface area contributed by atoms with E-state index in [9.17, 15) is 14.7 Å². The number of amides is 1. The molecular formula is C16H21NO3S. The summed E-state index contributed by atoms with van der Waals surface area (Å²) in [6, 6.07) is 8.85. The second kappa shape index (κ2) is 8.52. The van der Waals surface area contributed by atoms with Crippen LogP contribution in [-0.4, -0.2) is 35.0 Å². The molecule has 0 saturated carbocycles. The van der Waals surface area contributed by atoms with E-state index in [0.29, 0.717) is 12.1 Å². The first-order valence-corrected chi connectivity index (χ1v) is 7.90. The van der Waals surface area contributed by atoms with Crippen molar-refractivity contribution < 1.29 is 14.7 Å². The molecule has 1 unspecified atom stereocenters. The van der Waals surface area contributed by atoms with Gasteiger partial charge in [0.2, 0.25) is 5.91 Å². The van der Waals surface area contributed by atoms with Gasteiger partial charge in [-0.3, -0.25) is 9.59 Å². The smallest absolute Gasteiger partial charge is 0.314 e. The molecule has 0 bridgehead atoms. The first-order chi connectivity index (χ1) is 10.0. The molecule has 1 aromatic carbocycles. The number of rotatable bonds is 9. The normalized spacial score (nSPS) is 13.2. The van der Waals surface area contributed by atoms with Crippen molar-refractivity contribution in [3.05, 3.63) is 48.6 Å². The molecule has 21 heavy (non-hydrogen) atoms. The molecule has 2 N–H and O–H groups in total. The summed E-state index contributed by atoms with van der Waals surface area (Å²) in [5.41, 5.74) is -0.576. The van der Waals surface area contributed by atoms with Gasteiger partial charge in [0.05, 0.1) is 5.41 Å². The minimum Gasteiger partial charge on any atom is -0.481 e. The Hall–Kier alpha value is -1.75. The van der Waals surface area contributed by atoms with Gasteiger partial charge in [-0.2, -0.15) is 11.8 Å². The third kappa shape index (κ3) is 5.27. The maximum Gasteiger partial charge on any atom is 0.314 e. The van der Waals surface area contributed by atoms with Crippen LogP contribution in [0.4, 0.5) is 0 Å². The quantitative estimate of drug-likeness (QED) is 0.543. The van der Waals surface area contributed by atoms with E-state index in [4.69, 9.17) is 0 Å². The van der Waals surface area contributed by atoms with Crippen LogP contribution in [0.5, 0.6) is 0 Å². The number of aliphatic carboxylic acids is 1. The standard InChI is InChI=1S/C16H21NO3S/c1-3-10-21-11-9-17-14(18)12-16(2,15(19)20)13-7-5-4-6-8-13/h3-8H,1,9-12H2,2H3,(H,17,18)(H,19,20). The van der Waals surface area contributed by atoms with Crippen molar-refractivity contribution in [2.75, 3.05) is 18.1 Å². The average molecular weight is 307 g/mol. The fourth-order valence-electron chi connectivity index (χ4n) is 1.92. The van der Waals surface area contributed by atoms with Crippen LogP contribution in [0, 0.1) is 0 Å². The van der Waals surface area contributed by atoms with Crippen LogP contribution in [0.3, 0.4) is 0 Å². The van der Waals surface area contributed by atoms with Crippen LogP contribution >= 0.6 is 11.8 Å². The lowest BCUT2D eigenvalue weighted by molar-refractivity contribution is -0.145. The third-order valence-electron chi connectivity index (χ3n) is 3.20. The van der Waals surface area contributed by atoms with Crippen LogP contribution in [0.15, 0.2) is 43.0 Å². The summed E-state index contributed by atoms with van der Waals surface area (Å²) in [6.45, 7) is 5.73. The molecule has 1 rings (SSSR count). The number of carbonyl (C=O) groups excluding carboxylic acids is 1. The minimum atomic E-state index is -1.21. The molecule has 0 aliphatic rings. The highest BCUT2D eigenvalue weighted by atomic mass is 32.2. The van der Waals surface area contributed by atoms with Gasteiger partial charge in [0, 0.05) is 24.5 Å². The van der Waals surface area contributed by atoms with E-state index in [2.05, 4.69) is 11.9 Å². The fraction of sp³-hybridized carbons (Fsp3) is 0.375. The van der Waals surface area contributed by atoms with Crippen LogP contribution in [0.2, 0.25) is 0 Å². The van der Waals surface area contributed by atoms with Crippen molar-refractivity contribution in [1.29, 1.82) is 0 Å². The predicted octanol–water partition coefficient (Wildman–Crippen LogP) is 2.45. The Bertz CT molecular complexity index is 490. The largest absolute Gasteiger partial charge is 0.481 e. The van der Waals surface area contributed by atoms with Gasteiger partial charge in [0.15, 0.2) is 0 Å². The van der Waals surface area contributed by atoms with Crippen LogP contribution < -0.4 is 5.32 Å². The summed E-state index contributed by atoms with van der Waals surface area (Å²) in [7, 11) is 0. The minimum absolute atomic E-state index is 0.0710. The maximum absolute atomic E-state index is 12.0.